The van der Waals surface area contributed by atoms with E-state index in [-0.39, 0.29) is 5.91 Å². The number of carbonyl (C=O) groups is 1. The zero-order valence-corrected chi connectivity index (χ0v) is 18.2. The van der Waals surface area contributed by atoms with E-state index in [4.69, 9.17) is 0 Å². The van der Waals surface area contributed by atoms with Crippen molar-refractivity contribution in [3.05, 3.63) is 65.1 Å². The van der Waals surface area contributed by atoms with Crippen molar-refractivity contribution >= 4 is 22.5 Å². The van der Waals surface area contributed by atoms with Crippen molar-refractivity contribution in [1.82, 2.24) is 19.7 Å². The van der Waals surface area contributed by atoms with Crippen LogP contribution in [0.15, 0.2) is 42.5 Å². The molecule has 2 aromatic carbocycles. The number of hydrogen-bond acceptors (Lipinski definition) is 3. The van der Waals surface area contributed by atoms with E-state index in [0.29, 0.717) is 5.56 Å². The SMILES string of the molecule is O=C(Nc1cccc(-c2nnc3n2CCCCC3)c1)c1ccc2[nH]c3c(c2c1)CCCC3. The summed E-state index contributed by atoms with van der Waals surface area (Å²) in [5.41, 5.74) is 6.29. The maximum atomic E-state index is 13.1. The van der Waals surface area contributed by atoms with E-state index in [1.165, 1.54) is 42.3 Å². The summed E-state index contributed by atoms with van der Waals surface area (Å²) < 4.78 is 2.23. The number of hydrogen-bond donors (Lipinski definition) is 2. The van der Waals surface area contributed by atoms with Gasteiger partial charge in [0.25, 0.3) is 5.91 Å². The van der Waals surface area contributed by atoms with Gasteiger partial charge in [-0.25, -0.2) is 0 Å². The van der Waals surface area contributed by atoms with Crippen LogP contribution in [0.4, 0.5) is 5.69 Å². The standard InChI is InChI=1S/C26H27N5O/c32-26(18-12-13-23-21(16-18)20-9-3-4-10-22(20)28-23)27-19-8-6-7-17(15-19)25-30-29-24-11-2-1-5-14-31(24)25/h6-8,12-13,15-16,28H,1-5,9-11,14H2,(H,27,32). The third-order valence-electron chi connectivity index (χ3n) is 6.85. The molecule has 3 heterocycles. The Morgan fingerprint density at radius 2 is 1.84 bits per heavy atom. The number of nitrogens with one attached hydrogen (secondary N) is 2. The molecule has 0 radical (unpaired) electrons. The van der Waals surface area contributed by atoms with Crippen LogP contribution in [-0.2, 0) is 25.8 Å². The highest BCUT2D eigenvalue weighted by molar-refractivity contribution is 6.06. The Kier molecular flexibility index (Phi) is 4.78. The zero-order valence-electron chi connectivity index (χ0n) is 18.2. The first-order chi connectivity index (χ1) is 15.8. The molecule has 162 valence electrons. The topological polar surface area (TPSA) is 75.6 Å². The number of rotatable bonds is 3. The van der Waals surface area contributed by atoms with Crippen molar-refractivity contribution in [2.75, 3.05) is 5.32 Å². The summed E-state index contributed by atoms with van der Waals surface area (Å²) in [6.45, 7) is 0.954. The summed E-state index contributed by atoms with van der Waals surface area (Å²) >= 11 is 0. The van der Waals surface area contributed by atoms with Crippen LogP contribution in [-0.4, -0.2) is 25.7 Å². The maximum absolute atomic E-state index is 13.1. The number of amides is 1. The van der Waals surface area contributed by atoms with Gasteiger partial charge >= 0.3 is 0 Å². The molecule has 0 atom stereocenters. The van der Waals surface area contributed by atoms with Crippen LogP contribution in [0.2, 0.25) is 0 Å². The van der Waals surface area contributed by atoms with Gasteiger partial charge in [-0.05, 0) is 74.4 Å². The van der Waals surface area contributed by atoms with Gasteiger partial charge < -0.3 is 14.9 Å². The second kappa shape index (κ2) is 7.93. The monoisotopic (exact) mass is 425 g/mol. The van der Waals surface area contributed by atoms with Crippen LogP contribution >= 0.6 is 0 Å². The molecule has 1 aliphatic heterocycles. The quantitative estimate of drug-likeness (QED) is 0.469. The van der Waals surface area contributed by atoms with Crippen molar-refractivity contribution in [3.8, 4) is 11.4 Å². The Morgan fingerprint density at radius 1 is 0.938 bits per heavy atom. The van der Waals surface area contributed by atoms with E-state index in [0.717, 1.165) is 60.6 Å². The van der Waals surface area contributed by atoms with Crippen LogP contribution in [0.1, 0.15) is 59.5 Å². The lowest BCUT2D eigenvalue weighted by molar-refractivity contribution is 0.102. The second-order valence-corrected chi connectivity index (χ2v) is 8.99. The fraction of sp³-hybridized carbons (Fsp3) is 0.346. The molecular formula is C26H27N5O. The first-order valence-corrected chi connectivity index (χ1v) is 11.7. The van der Waals surface area contributed by atoms with Gasteiger partial charge in [0.15, 0.2) is 5.82 Å². The smallest absolute Gasteiger partial charge is 0.255 e. The third-order valence-corrected chi connectivity index (χ3v) is 6.85. The van der Waals surface area contributed by atoms with Gasteiger partial charge in [-0.15, -0.1) is 10.2 Å². The number of nitrogens with zero attached hydrogens (tertiary/aromatic N) is 3. The van der Waals surface area contributed by atoms with Gasteiger partial charge in [-0.2, -0.15) is 0 Å². The molecular weight excluding hydrogens is 398 g/mol. The van der Waals surface area contributed by atoms with E-state index >= 15 is 0 Å². The van der Waals surface area contributed by atoms with Gasteiger partial charge in [-0.3, -0.25) is 4.79 Å². The number of aromatic nitrogens is 4. The zero-order chi connectivity index (χ0) is 21.5. The van der Waals surface area contributed by atoms with E-state index in [9.17, 15) is 4.79 Å². The lowest BCUT2D eigenvalue weighted by atomic mass is 9.95. The fourth-order valence-corrected chi connectivity index (χ4v) is 5.19. The number of benzene rings is 2. The van der Waals surface area contributed by atoms with E-state index in [1.54, 1.807) is 0 Å². The fourth-order valence-electron chi connectivity index (χ4n) is 5.19. The van der Waals surface area contributed by atoms with Crippen LogP contribution in [0.5, 0.6) is 0 Å². The van der Waals surface area contributed by atoms with Crippen LogP contribution < -0.4 is 5.32 Å². The lowest BCUT2D eigenvalue weighted by Crippen LogP contribution is -2.12. The lowest BCUT2D eigenvalue weighted by Gasteiger charge is -2.11. The first-order valence-electron chi connectivity index (χ1n) is 11.7. The average molecular weight is 426 g/mol. The molecule has 2 N–H and O–H groups in total. The van der Waals surface area contributed by atoms with E-state index < -0.39 is 0 Å². The van der Waals surface area contributed by atoms with E-state index in [2.05, 4.69) is 25.1 Å². The molecule has 0 unspecified atom stereocenters. The molecule has 1 aliphatic carbocycles. The van der Waals surface area contributed by atoms with Crippen molar-refractivity contribution in [2.24, 2.45) is 0 Å². The minimum absolute atomic E-state index is 0.0881. The Balaban J connectivity index is 1.27. The Labute approximate surface area is 187 Å². The molecule has 2 aromatic heterocycles. The molecule has 6 nitrogen and oxygen atoms in total. The van der Waals surface area contributed by atoms with Crippen LogP contribution in [0, 0.1) is 0 Å². The average Bonchev–Trinajstić information content (AvgIpc) is 3.32. The minimum atomic E-state index is -0.0881. The molecule has 0 bridgehead atoms. The summed E-state index contributed by atoms with van der Waals surface area (Å²) in [7, 11) is 0. The molecule has 6 rings (SSSR count). The summed E-state index contributed by atoms with van der Waals surface area (Å²) in [4.78, 5) is 16.6. The summed E-state index contributed by atoms with van der Waals surface area (Å²) in [5, 5.41) is 13.1. The Bertz CT molecular complexity index is 1320. The molecule has 32 heavy (non-hydrogen) atoms. The van der Waals surface area contributed by atoms with Crippen molar-refractivity contribution < 1.29 is 4.79 Å². The number of anilines is 1. The molecule has 6 heteroatoms. The predicted octanol–water partition coefficient (Wildman–Crippen LogP) is 5.28. The predicted molar refractivity (Wildman–Crippen MR) is 126 cm³/mol. The number of aryl methyl sites for hydroxylation is 3. The van der Waals surface area contributed by atoms with Gasteiger partial charge in [0.05, 0.1) is 0 Å². The number of carbonyl (C=O) groups excluding carboxylic acids is 1. The van der Waals surface area contributed by atoms with Crippen molar-refractivity contribution in [2.45, 2.75) is 57.9 Å². The van der Waals surface area contributed by atoms with Gasteiger partial charge in [0.2, 0.25) is 0 Å². The molecule has 0 fully saturated rings. The molecule has 0 spiro atoms. The third kappa shape index (κ3) is 3.40. The summed E-state index contributed by atoms with van der Waals surface area (Å²) in [6.07, 6.45) is 9.18. The summed E-state index contributed by atoms with van der Waals surface area (Å²) in [5.74, 6) is 1.86. The Morgan fingerprint density at radius 3 is 2.81 bits per heavy atom. The highest BCUT2D eigenvalue weighted by Gasteiger charge is 2.18. The molecule has 0 saturated heterocycles. The van der Waals surface area contributed by atoms with Crippen LogP contribution in [0.3, 0.4) is 0 Å². The second-order valence-electron chi connectivity index (χ2n) is 8.99. The first kappa shape index (κ1) is 19.3. The normalized spacial score (nSPS) is 15.8. The van der Waals surface area contributed by atoms with E-state index in [1.807, 2.05) is 42.5 Å². The number of aromatic amines is 1. The highest BCUT2D eigenvalue weighted by atomic mass is 16.1. The largest absolute Gasteiger partial charge is 0.358 e. The van der Waals surface area contributed by atoms with Crippen molar-refractivity contribution in [3.63, 3.8) is 0 Å². The van der Waals surface area contributed by atoms with Gasteiger partial charge in [0.1, 0.15) is 5.82 Å². The molecule has 4 aromatic rings. The van der Waals surface area contributed by atoms with Crippen molar-refractivity contribution in [1.29, 1.82) is 0 Å². The minimum Gasteiger partial charge on any atom is -0.358 e. The van der Waals surface area contributed by atoms with Crippen LogP contribution in [0.25, 0.3) is 22.3 Å². The molecule has 2 aliphatic rings. The molecule has 0 saturated carbocycles. The number of H-pyrrole nitrogens is 1. The molecule has 1 amide bonds. The maximum Gasteiger partial charge on any atom is 0.255 e. The summed E-state index contributed by atoms with van der Waals surface area (Å²) in [6, 6.07) is 13.9. The highest BCUT2D eigenvalue weighted by Crippen LogP contribution is 2.30. The van der Waals surface area contributed by atoms with Gasteiger partial charge in [0, 0.05) is 46.4 Å². The number of fused-ring (bicyclic) bond motifs is 4. The Hall–Kier alpha value is -3.41. The van der Waals surface area contributed by atoms with Gasteiger partial charge in [-0.1, -0.05) is 18.6 Å².